The molecule has 5 N–H and O–H groups in total. The number of nitrogens with one attached hydrogen (secondary N) is 1. The zero-order chi connectivity index (χ0) is 18.9. The normalized spacial score (nSPS) is 14.6. The minimum absolute atomic E-state index is 0.406. The summed E-state index contributed by atoms with van der Waals surface area (Å²) in [6, 6.07) is 9.19. The van der Waals surface area contributed by atoms with Crippen molar-refractivity contribution in [3.63, 3.8) is 0 Å². The van der Waals surface area contributed by atoms with Gasteiger partial charge < -0.3 is 16.2 Å². The molecule has 1 atom stereocenters. The topological polar surface area (TPSA) is 77.0 Å². The molecule has 1 heterocycles. The number of rotatable bonds is 6. The quantitative estimate of drug-likeness (QED) is 0.731. The summed E-state index contributed by atoms with van der Waals surface area (Å²) in [5, 5.41) is 11.9. The van der Waals surface area contributed by atoms with Crippen LogP contribution in [-0.4, -0.2) is 30.7 Å². The van der Waals surface area contributed by atoms with Gasteiger partial charge in [-0.15, -0.1) is 0 Å². The second kappa shape index (κ2) is 16.1. The van der Waals surface area contributed by atoms with Crippen molar-refractivity contribution >= 4 is 5.97 Å². The van der Waals surface area contributed by atoms with Crippen LogP contribution in [0.3, 0.4) is 0 Å². The lowest BCUT2D eigenvalue weighted by Crippen LogP contribution is -2.50. The molecule has 25 heavy (non-hydrogen) atoms. The minimum atomic E-state index is -0.781. The highest BCUT2D eigenvalue weighted by molar-refractivity contribution is 5.75. The van der Waals surface area contributed by atoms with Crippen LogP contribution >= 0.6 is 0 Å². The van der Waals surface area contributed by atoms with Crippen molar-refractivity contribution in [3.05, 3.63) is 35.9 Å². The molecule has 1 aromatic carbocycles. The predicted octanol–water partition coefficient (Wildman–Crippen LogP) is 3.69. The van der Waals surface area contributed by atoms with E-state index in [1.807, 2.05) is 30.3 Å². The van der Waals surface area contributed by atoms with Gasteiger partial charge in [0.25, 0.3) is 0 Å². The van der Waals surface area contributed by atoms with Crippen LogP contribution < -0.4 is 11.1 Å². The summed E-state index contributed by atoms with van der Waals surface area (Å²) < 4.78 is 0. The van der Waals surface area contributed by atoms with Gasteiger partial charge in [-0.1, -0.05) is 63.4 Å². The van der Waals surface area contributed by atoms with Crippen LogP contribution in [0.1, 0.15) is 70.8 Å². The van der Waals surface area contributed by atoms with Gasteiger partial charge in [0.05, 0.1) is 12.5 Å². The molecule has 0 aliphatic carbocycles. The average molecular weight is 352 g/mol. The summed E-state index contributed by atoms with van der Waals surface area (Å²) >= 11 is 0. The summed E-state index contributed by atoms with van der Waals surface area (Å²) in [7, 11) is 0. The van der Waals surface area contributed by atoms with Crippen molar-refractivity contribution in [2.24, 2.45) is 5.92 Å². The number of carboxylic acids is 1. The Hall–Kier alpha value is -1.39. The molecule has 144 valence electrons. The summed E-state index contributed by atoms with van der Waals surface area (Å²) in [4.78, 5) is 10.5. The first-order chi connectivity index (χ1) is 12.1. The number of benzene rings is 1. The molecular weight excluding hydrogens is 312 g/mol. The Morgan fingerprint density at radius 3 is 1.96 bits per heavy atom. The SMILES string of the molecule is C1CCNCC1.CC(C(=O)O)c1ccccc1.CCC(CC)CC[NH3+]. The summed E-state index contributed by atoms with van der Waals surface area (Å²) in [5.41, 5.74) is 4.67. The first kappa shape index (κ1) is 23.6. The number of carboxylic acid groups (broad SMARTS) is 1. The van der Waals surface area contributed by atoms with E-state index < -0.39 is 11.9 Å². The van der Waals surface area contributed by atoms with Gasteiger partial charge in [-0.05, 0) is 50.8 Å². The smallest absolute Gasteiger partial charge is 0.310 e. The fourth-order valence-electron chi connectivity index (χ4n) is 2.67. The number of carbonyl (C=O) groups is 1. The number of aliphatic carboxylic acids is 1. The van der Waals surface area contributed by atoms with E-state index >= 15 is 0 Å². The van der Waals surface area contributed by atoms with Crippen molar-refractivity contribution < 1.29 is 15.6 Å². The zero-order valence-corrected chi connectivity index (χ0v) is 16.5. The highest BCUT2D eigenvalue weighted by Crippen LogP contribution is 2.13. The Balaban J connectivity index is 0.000000363. The van der Waals surface area contributed by atoms with Gasteiger partial charge in [-0.25, -0.2) is 0 Å². The standard InChI is InChI=1S/C9H10O2.C7H17N.C5H11N/c1-7(9(10)11)8-5-3-2-4-6-8;1-3-7(4-2)5-6-8;1-2-4-6-5-3-1/h2-7H,1H3,(H,10,11);7H,3-6,8H2,1-2H3;6H,1-5H2/p+1. The molecule has 0 aromatic heterocycles. The van der Waals surface area contributed by atoms with Gasteiger partial charge in [0.1, 0.15) is 0 Å². The van der Waals surface area contributed by atoms with E-state index in [1.54, 1.807) is 6.92 Å². The van der Waals surface area contributed by atoms with Crippen molar-refractivity contribution in [3.8, 4) is 0 Å². The Morgan fingerprint density at radius 1 is 1.12 bits per heavy atom. The van der Waals surface area contributed by atoms with Gasteiger partial charge in [0.2, 0.25) is 0 Å². The fraction of sp³-hybridized carbons (Fsp3) is 0.667. The van der Waals surface area contributed by atoms with Gasteiger partial charge in [0, 0.05) is 0 Å². The van der Waals surface area contributed by atoms with E-state index in [0.717, 1.165) is 18.0 Å². The molecule has 0 saturated carbocycles. The maximum absolute atomic E-state index is 10.5. The van der Waals surface area contributed by atoms with E-state index in [9.17, 15) is 4.79 Å². The largest absolute Gasteiger partial charge is 0.481 e. The molecule has 1 fully saturated rings. The zero-order valence-electron chi connectivity index (χ0n) is 16.5. The average Bonchev–Trinajstić information content (AvgIpc) is 2.68. The van der Waals surface area contributed by atoms with Gasteiger partial charge in [-0.2, -0.15) is 0 Å². The van der Waals surface area contributed by atoms with Crippen LogP contribution in [-0.2, 0) is 4.79 Å². The highest BCUT2D eigenvalue weighted by Gasteiger charge is 2.11. The molecule has 2 rings (SSSR count). The predicted molar refractivity (Wildman–Crippen MR) is 106 cm³/mol. The van der Waals surface area contributed by atoms with Crippen LogP contribution in [0.4, 0.5) is 0 Å². The lowest BCUT2D eigenvalue weighted by atomic mass is 10.00. The first-order valence-electron chi connectivity index (χ1n) is 9.84. The molecular formula is C21H39N2O2+. The van der Waals surface area contributed by atoms with Crippen LogP contribution in [0, 0.1) is 5.92 Å². The highest BCUT2D eigenvalue weighted by atomic mass is 16.4. The summed E-state index contributed by atoms with van der Waals surface area (Å²) in [5.74, 6) is -0.250. The lowest BCUT2D eigenvalue weighted by molar-refractivity contribution is -0.370. The van der Waals surface area contributed by atoms with E-state index in [-0.39, 0.29) is 0 Å². The van der Waals surface area contributed by atoms with Crippen LogP contribution in [0.25, 0.3) is 0 Å². The van der Waals surface area contributed by atoms with Gasteiger partial charge in [0.15, 0.2) is 0 Å². The molecule has 1 unspecified atom stereocenters. The Morgan fingerprint density at radius 2 is 1.68 bits per heavy atom. The second-order valence-corrected chi connectivity index (χ2v) is 6.61. The second-order valence-electron chi connectivity index (χ2n) is 6.61. The fourth-order valence-corrected chi connectivity index (χ4v) is 2.67. The molecule has 0 bridgehead atoms. The van der Waals surface area contributed by atoms with E-state index in [1.165, 1.54) is 51.6 Å². The number of hydrogen-bond acceptors (Lipinski definition) is 2. The monoisotopic (exact) mass is 351 g/mol. The third-order valence-electron chi connectivity index (χ3n) is 4.64. The molecule has 0 radical (unpaired) electrons. The van der Waals surface area contributed by atoms with Crippen molar-refractivity contribution in [1.82, 2.24) is 5.32 Å². The summed E-state index contributed by atoms with van der Waals surface area (Å²) in [6.07, 6.45) is 8.18. The minimum Gasteiger partial charge on any atom is -0.481 e. The molecule has 4 nitrogen and oxygen atoms in total. The summed E-state index contributed by atoms with van der Waals surface area (Å²) in [6.45, 7) is 9.79. The molecule has 1 saturated heterocycles. The van der Waals surface area contributed by atoms with Crippen LogP contribution in [0.2, 0.25) is 0 Å². The number of quaternary nitrogens is 1. The Kier molecular flexibility index (Phi) is 15.2. The third kappa shape index (κ3) is 12.6. The first-order valence-corrected chi connectivity index (χ1v) is 9.84. The number of hydrogen-bond donors (Lipinski definition) is 3. The van der Waals surface area contributed by atoms with Crippen molar-refractivity contribution in [1.29, 1.82) is 0 Å². The van der Waals surface area contributed by atoms with Gasteiger partial charge in [-0.3, -0.25) is 4.79 Å². The van der Waals surface area contributed by atoms with Gasteiger partial charge >= 0.3 is 5.97 Å². The van der Waals surface area contributed by atoms with E-state index in [0.29, 0.717) is 0 Å². The molecule has 4 heteroatoms. The van der Waals surface area contributed by atoms with Crippen molar-refractivity contribution in [2.75, 3.05) is 19.6 Å². The molecule has 1 aliphatic heterocycles. The maximum Gasteiger partial charge on any atom is 0.310 e. The molecule has 0 amide bonds. The van der Waals surface area contributed by atoms with Crippen LogP contribution in [0.15, 0.2) is 30.3 Å². The Labute approximate surface area is 154 Å². The third-order valence-corrected chi connectivity index (χ3v) is 4.64. The Bertz CT molecular complexity index is 404. The lowest BCUT2D eigenvalue weighted by Gasteiger charge is -2.08. The van der Waals surface area contributed by atoms with Crippen LogP contribution in [0.5, 0.6) is 0 Å². The molecule has 1 aliphatic rings. The van der Waals surface area contributed by atoms with E-state index in [4.69, 9.17) is 5.11 Å². The van der Waals surface area contributed by atoms with Crippen molar-refractivity contribution in [2.45, 2.75) is 65.2 Å². The maximum atomic E-state index is 10.5. The molecule has 0 spiro atoms. The van der Waals surface area contributed by atoms with E-state index in [2.05, 4.69) is 24.9 Å². The molecule has 1 aromatic rings. The number of piperidine rings is 1.